The summed E-state index contributed by atoms with van der Waals surface area (Å²) in [6, 6.07) is 0. The van der Waals surface area contributed by atoms with Crippen LogP contribution >= 0.6 is 0 Å². The van der Waals surface area contributed by atoms with Crippen molar-refractivity contribution in [2.45, 2.75) is 168 Å². The lowest BCUT2D eigenvalue weighted by molar-refractivity contribution is -0.143. The van der Waals surface area contributed by atoms with Gasteiger partial charge in [0.05, 0.1) is 6.61 Å². The van der Waals surface area contributed by atoms with Gasteiger partial charge in [-0.25, -0.2) is 0 Å². The van der Waals surface area contributed by atoms with Gasteiger partial charge >= 0.3 is 5.97 Å². The lowest BCUT2D eigenvalue weighted by atomic mass is 10.0. The first-order chi connectivity index (χ1) is 14.8. The van der Waals surface area contributed by atoms with Gasteiger partial charge in [0.1, 0.15) is 0 Å². The number of hydrogen-bond donors (Lipinski definition) is 0. The van der Waals surface area contributed by atoms with E-state index in [0.29, 0.717) is 13.0 Å². The minimum absolute atomic E-state index is 0. The molecule has 0 unspecified atom stereocenters. The molecule has 0 bridgehead atoms. The fraction of sp³-hybridized carbons (Fsp3) is 0.964. The number of rotatable bonds is 25. The first-order valence-electron chi connectivity index (χ1n) is 14.0. The molecule has 3 heteroatoms. The summed E-state index contributed by atoms with van der Waals surface area (Å²) >= 11 is 0. The maximum absolute atomic E-state index is 11.7. The van der Waals surface area contributed by atoms with Gasteiger partial charge in [0.15, 0.2) is 0 Å². The Morgan fingerprint density at radius 2 is 0.742 bits per heavy atom. The SMILES string of the molecule is CCCCCCCCCCCCCCCCCCOC(=O)CCCCCCCCC.F. The van der Waals surface area contributed by atoms with E-state index in [-0.39, 0.29) is 10.7 Å². The molecule has 0 aliphatic heterocycles. The predicted octanol–water partition coefficient (Wildman–Crippen LogP) is 10.1. The Hall–Kier alpha value is -0.600. The Balaban J connectivity index is 0. The first kappa shape index (κ1) is 32.6. The molecule has 0 amide bonds. The molecule has 0 spiro atoms. The van der Waals surface area contributed by atoms with Crippen LogP contribution in [0.5, 0.6) is 0 Å². The van der Waals surface area contributed by atoms with Gasteiger partial charge in [-0.05, 0) is 12.8 Å². The summed E-state index contributed by atoms with van der Waals surface area (Å²) in [7, 11) is 0. The minimum Gasteiger partial charge on any atom is -0.466 e. The van der Waals surface area contributed by atoms with Gasteiger partial charge in [0.25, 0.3) is 0 Å². The smallest absolute Gasteiger partial charge is 0.305 e. The molecule has 0 aliphatic rings. The van der Waals surface area contributed by atoms with Crippen LogP contribution in [0.15, 0.2) is 0 Å². The normalized spacial score (nSPS) is 10.8. The van der Waals surface area contributed by atoms with Crippen molar-refractivity contribution in [1.29, 1.82) is 0 Å². The molecule has 0 heterocycles. The average molecular weight is 445 g/mol. The van der Waals surface area contributed by atoms with Crippen molar-refractivity contribution in [3.63, 3.8) is 0 Å². The second kappa shape index (κ2) is 29.4. The minimum atomic E-state index is 0. The first-order valence-corrected chi connectivity index (χ1v) is 14.0. The van der Waals surface area contributed by atoms with E-state index in [1.165, 1.54) is 135 Å². The zero-order valence-electron chi connectivity index (χ0n) is 21.4. The fourth-order valence-corrected chi connectivity index (χ4v) is 4.13. The lowest BCUT2D eigenvalue weighted by Gasteiger charge is -2.05. The Morgan fingerprint density at radius 3 is 1.10 bits per heavy atom. The third kappa shape index (κ3) is 29.4. The van der Waals surface area contributed by atoms with Gasteiger partial charge in [0, 0.05) is 6.42 Å². The van der Waals surface area contributed by atoms with Crippen LogP contribution in [0.1, 0.15) is 168 Å². The molecular formula is C28H57FO2. The van der Waals surface area contributed by atoms with Crippen LogP contribution in [0, 0.1) is 0 Å². The molecule has 0 aromatic carbocycles. The summed E-state index contributed by atoms with van der Waals surface area (Å²) in [5.74, 6) is 0.0181. The Kier molecular flexibility index (Phi) is 30.9. The molecule has 0 saturated heterocycles. The molecule has 31 heavy (non-hydrogen) atoms. The van der Waals surface area contributed by atoms with Gasteiger partial charge in [0.2, 0.25) is 0 Å². The average Bonchev–Trinajstić information content (AvgIpc) is 2.75. The molecule has 0 radical (unpaired) electrons. The van der Waals surface area contributed by atoms with Crippen LogP contribution < -0.4 is 0 Å². The van der Waals surface area contributed by atoms with E-state index in [9.17, 15) is 4.79 Å². The molecule has 0 N–H and O–H groups in total. The van der Waals surface area contributed by atoms with Crippen molar-refractivity contribution in [3.8, 4) is 0 Å². The summed E-state index contributed by atoms with van der Waals surface area (Å²) in [5.41, 5.74) is 0. The molecule has 2 nitrogen and oxygen atoms in total. The van der Waals surface area contributed by atoms with E-state index >= 15 is 0 Å². The molecule has 0 aromatic rings. The summed E-state index contributed by atoms with van der Waals surface area (Å²) < 4.78 is 5.37. The zero-order chi connectivity index (χ0) is 22.0. The predicted molar refractivity (Wildman–Crippen MR) is 136 cm³/mol. The highest BCUT2D eigenvalue weighted by Gasteiger charge is 2.02. The van der Waals surface area contributed by atoms with Crippen LogP contribution in [0.3, 0.4) is 0 Å². The van der Waals surface area contributed by atoms with Gasteiger partial charge in [-0.2, -0.15) is 0 Å². The van der Waals surface area contributed by atoms with E-state index in [1.54, 1.807) is 0 Å². The Labute approximate surface area is 195 Å². The van der Waals surface area contributed by atoms with Gasteiger partial charge in [-0.15, -0.1) is 0 Å². The second-order valence-corrected chi connectivity index (χ2v) is 9.40. The van der Waals surface area contributed by atoms with E-state index in [4.69, 9.17) is 4.74 Å². The summed E-state index contributed by atoms with van der Waals surface area (Å²) in [5, 5.41) is 0. The van der Waals surface area contributed by atoms with E-state index in [0.717, 1.165) is 12.8 Å². The highest BCUT2D eigenvalue weighted by molar-refractivity contribution is 5.69. The second-order valence-electron chi connectivity index (χ2n) is 9.40. The standard InChI is InChI=1S/C28H56O2.FH/c1-3-5-7-9-11-12-13-14-15-16-17-18-19-21-23-25-27-30-28(29)26-24-22-20-10-8-6-4-2;/h3-27H2,1-2H3;1H. The van der Waals surface area contributed by atoms with Crippen LogP contribution in [0.25, 0.3) is 0 Å². The maximum atomic E-state index is 11.7. The fourth-order valence-electron chi connectivity index (χ4n) is 4.13. The number of ether oxygens (including phenoxy) is 1. The van der Waals surface area contributed by atoms with Gasteiger partial charge in [-0.3, -0.25) is 9.50 Å². The summed E-state index contributed by atoms with van der Waals surface area (Å²) in [4.78, 5) is 11.7. The largest absolute Gasteiger partial charge is 0.466 e. The third-order valence-corrected chi connectivity index (χ3v) is 6.25. The van der Waals surface area contributed by atoms with Gasteiger partial charge < -0.3 is 4.74 Å². The highest BCUT2D eigenvalue weighted by atomic mass is 19.0. The van der Waals surface area contributed by atoms with E-state index in [2.05, 4.69) is 13.8 Å². The molecule has 0 atom stereocenters. The van der Waals surface area contributed by atoms with Crippen molar-refractivity contribution in [2.75, 3.05) is 6.61 Å². The number of hydrogen-bond acceptors (Lipinski definition) is 2. The number of unbranched alkanes of at least 4 members (excludes halogenated alkanes) is 21. The number of halogens is 1. The molecule has 0 fully saturated rings. The number of esters is 1. The van der Waals surface area contributed by atoms with Crippen molar-refractivity contribution in [1.82, 2.24) is 0 Å². The van der Waals surface area contributed by atoms with Crippen molar-refractivity contribution < 1.29 is 14.2 Å². The molecule has 0 aromatic heterocycles. The van der Waals surface area contributed by atoms with Gasteiger partial charge in [-0.1, -0.05) is 149 Å². The van der Waals surface area contributed by atoms with Crippen molar-refractivity contribution in [3.05, 3.63) is 0 Å². The molecule has 0 aliphatic carbocycles. The molecule has 188 valence electrons. The molecule has 0 saturated carbocycles. The van der Waals surface area contributed by atoms with Crippen LogP contribution in [-0.2, 0) is 9.53 Å². The van der Waals surface area contributed by atoms with E-state index < -0.39 is 0 Å². The maximum Gasteiger partial charge on any atom is 0.305 e. The topological polar surface area (TPSA) is 26.3 Å². The number of carbonyl (C=O) groups excluding carboxylic acids is 1. The van der Waals surface area contributed by atoms with Crippen LogP contribution in [-0.4, -0.2) is 12.6 Å². The summed E-state index contributed by atoms with van der Waals surface area (Å²) in [6.07, 6.45) is 31.4. The quantitative estimate of drug-likeness (QED) is 0.103. The molecule has 0 rings (SSSR count). The Morgan fingerprint density at radius 1 is 0.452 bits per heavy atom. The lowest BCUT2D eigenvalue weighted by Crippen LogP contribution is -2.05. The zero-order valence-corrected chi connectivity index (χ0v) is 21.4. The Bertz CT molecular complexity index is 333. The summed E-state index contributed by atoms with van der Waals surface area (Å²) in [6.45, 7) is 5.17. The molecular weight excluding hydrogens is 387 g/mol. The third-order valence-electron chi connectivity index (χ3n) is 6.25. The van der Waals surface area contributed by atoms with Crippen LogP contribution in [0.2, 0.25) is 0 Å². The van der Waals surface area contributed by atoms with E-state index in [1.807, 2.05) is 0 Å². The van der Waals surface area contributed by atoms with Crippen LogP contribution in [0.4, 0.5) is 4.70 Å². The van der Waals surface area contributed by atoms with Crippen molar-refractivity contribution in [2.24, 2.45) is 0 Å². The van der Waals surface area contributed by atoms with Crippen molar-refractivity contribution >= 4 is 5.97 Å². The monoisotopic (exact) mass is 444 g/mol. The highest BCUT2D eigenvalue weighted by Crippen LogP contribution is 2.14. The number of carbonyl (C=O) groups is 1.